The number of fused-ring (bicyclic) bond motifs is 1. The SMILES string of the molecule is O=C(CSc1nc2ccccc2c(=O)n1Cc1ccc(F)cc1)NCCCc1ccccc1. The van der Waals surface area contributed by atoms with Crippen molar-refractivity contribution in [2.75, 3.05) is 12.3 Å². The Morgan fingerprint density at radius 1 is 0.939 bits per heavy atom. The van der Waals surface area contributed by atoms with Gasteiger partial charge in [-0.15, -0.1) is 0 Å². The van der Waals surface area contributed by atoms with Crippen LogP contribution in [0.4, 0.5) is 4.39 Å². The maximum absolute atomic E-state index is 13.3. The first-order chi connectivity index (χ1) is 16.1. The number of carbonyl (C=O) groups excluding carboxylic acids is 1. The zero-order valence-electron chi connectivity index (χ0n) is 18.0. The third-order valence-electron chi connectivity index (χ3n) is 5.22. The molecule has 4 rings (SSSR count). The molecule has 0 saturated carbocycles. The van der Waals surface area contributed by atoms with E-state index in [0.29, 0.717) is 22.6 Å². The summed E-state index contributed by atoms with van der Waals surface area (Å²) in [6.07, 6.45) is 1.75. The van der Waals surface area contributed by atoms with E-state index >= 15 is 0 Å². The molecule has 168 valence electrons. The lowest BCUT2D eigenvalue weighted by atomic mass is 10.1. The average molecular weight is 462 g/mol. The van der Waals surface area contributed by atoms with Crippen molar-refractivity contribution in [1.29, 1.82) is 0 Å². The van der Waals surface area contributed by atoms with Crippen LogP contribution < -0.4 is 10.9 Å². The van der Waals surface area contributed by atoms with Gasteiger partial charge in [-0.2, -0.15) is 0 Å². The number of hydrogen-bond acceptors (Lipinski definition) is 4. The zero-order valence-corrected chi connectivity index (χ0v) is 18.9. The van der Waals surface area contributed by atoms with Crippen LogP contribution >= 0.6 is 11.8 Å². The predicted molar refractivity (Wildman–Crippen MR) is 130 cm³/mol. The minimum absolute atomic E-state index is 0.108. The standard InChI is InChI=1S/C26H24FN3O2S/c27-21-14-12-20(13-15-21)17-30-25(32)22-10-4-5-11-23(22)29-26(30)33-18-24(31)28-16-6-9-19-7-2-1-3-8-19/h1-5,7-8,10-15H,6,9,16-18H2,(H,28,31). The van der Waals surface area contributed by atoms with Gasteiger partial charge in [-0.3, -0.25) is 14.2 Å². The van der Waals surface area contributed by atoms with Crippen LogP contribution in [-0.4, -0.2) is 27.8 Å². The monoisotopic (exact) mass is 461 g/mol. The summed E-state index contributed by atoms with van der Waals surface area (Å²) in [6.45, 7) is 0.833. The Morgan fingerprint density at radius 2 is 1.67 bits per heavy atom. The first kappa shape index (κ1) is 22.7. The summed E-state index contributed by atoms with van der Waals surface area (Å²) in [5.41, 5.74) is 2.42. The maximum Gasteiger partial charge on any atom is 0.262 e. The highest BCUT2D eigenvalue weighted by Gasteiger charge is 2.14. The number of thioether (sulfide) groups is 1. The molecule has 0 bridgehead atoms. The van der Waals surface area contributed by atoms with Crippen molar-refractivity contribution in [2.24, 2.45) is 0 Å². The van der Waals surface area contributed by atoms with E-state index in [1.165, 1.54) is 29.5 Å². The lowest BCUT2D eigenvalue weighted by molar-refractivity contribution is -0.118. The van der Waals surface area contributed by atoms with Gasteiger partial charge in [0.05, 0.1) is 23.2 Å². The van der Waals surface area contributed by atoms with Gasteiger partial charge in [0.15, 0.2) is 5.16 Å². The molecule has 0 atom stereocenters. The summed E-state index contributed by atoms with van der Waals surface area (Å²) in [6, 6.07) is 23.3. The van der Waals surface area contributed by atoms with Gasteiger partial charge in [-0.1, -0.05) is 66.4 Å². The fourth-order valence-corrected chi connectivity index (χ4v) is 4.34. The summed E-state index contributed by atoms with van der Waals surface area (Å²) in [5.74, 6) is -0.287. The number of carbonyl (C=O) groups is 1. The highest BCUT2D eigenvalue weighted by Crippen LogP contribution is 2.19. The molecule has 5 nitrogen and oxygen atoms in total. The summed E-state index contributed by atoms with van der Waals surface area (Å²) in [4.78, 5) is 30.2. The van der Waals surface area contributed by atoms with Crippen molar-refractivity contribution in [3.05, 3.63) is 106 Å². The minimum atomic E-state index is -0.332. The van der Waals surface area contributed by atoms with Crippen molar-refractivity contribution in [2.45, 2.75) is 24.5 Å². The van der Waals surface area contributed by atoms with Gasteiger partial charge in [0, 0.05) is 6.54 Å². The highest BCUT2D eigenvalue weighted by molar-refractivity contribution is 7.99. The second-order valence-electron chi connectivity index (χ2n) is 7.66. The van der Waals surface area contributed by atoms with E-state index in [2.05, 4.69) is 22.4 Å². The Labute approximate surface area is 195 Å². The Morgan fingerprint density at radius 3 is 2.45 bits per heavy atom. The second-order valence-corrected chi connectivity index (χ2v) is 8.60. The number of rotatable bonds is 9. The molecule has 1 amide bonds. The van der Waals surface area contributed by atoms with E-state index in [4.69, 9.17) is 0 Å². The largest absolute Gasteiger partial charge is 0.355 e. The lowest BCUT2D eigenvalue weighted by Gasteiger charge is -2.13. The molecule has 1 N–H and O–H groups in total. The maximum atomic E-state index is 13.3. The normalized spacial score (nSPS) is 10.9. The lowest BCUT2D eigenvalue weighted by Crippen LogP contribution is -2.28. The number of nitrogens with one attached hydrogen (secondary N) is 1. The highest BCUT2D eigenvalue weighted by atomic mass is 32.2. The molecular weight excluding hydrogens is 437 g/mol. The molecule has 0 unspecified atom stereocenters. The zero-order chi connectivity index (χ0) is 23.0. The molecule has 0 fully saturated rings. The first-order valence-electron chi connectivity index (χ1n) is 10.8. The number of aryl methyl sites for hydroxylation is 1. The Bertz CT molecular complexity index is 1290. The molecule has 0 spiro atoms. The van der Waals surface area contributed by atoms with Gasteiger partial charge < -0.3 is 5.32 Å². The molecule has 3 aromatic carbocycles. The fraction of sp³-hybridized carbons (Fsp3) is 0.192. The van der Waals surface area contributed by atoms with E-state index in [9.17, 15) is 14.0 Å². The average Bonchev–Trinajstić information content (AvgIpc) is 2.84. The third-order valence-corrected chi connectivity index (χ3v) is 6.20. The smallest absolute Gasteiger partial charge is 0.262 e. The van der Waals surface area contributed by atoms with Crippen LogP contribution in [0.5, 0.6) is 0 Å². The van der Waals surface area contributed by atoms with E-state index in [-0.39, 0.29) is 29.6 Å². The van der Waals surface area contributed by atoms with Gasteiger partial charge in [0.2, 0.25) is 5.91 Å². The number of amides is 1. The van der Waals surface area contributed by atoms with E-state index in [1.807, 2.05) is 24.3 Å². The van der Waals surface area contributed by atoms with Crippen LogP contribution in [0.2, 0.25) is 0 Å². The summed E-state index contributed by atoms with van der Waals surface area (Å²) < 4.78 is 14.8. The quantitative estimate of drug-likeness (QED) is 0.228. The van der Waals surface area contributed by atoms with Crippen molar-refractivity contribution < 1.29 is 9.18 Å². The van der Waals surface area contributed by atoms with Crippen LogP contribution in [-0.2, 0) is 17.8 Å². The van der Waals surface area contributed by atoms with Gasteiger partial charge in [-0.05, 0) is 48.2 Å². The molecule has 7 heteroatoms. The molecule has 0 radical (unpaired) electrons. The van der Waals surface area contributed by atoms with Gasteiger partial charge in [-0.25, -0.2) is 9.37 Å². The predicted octanol–water partition coefficient (Wildman–Crippen LogP) is 4.43. The molecule has 4 aromatic rings. The van der Waals surface area contributed by atoms with E-state index in [1.54, 1.807) is 34.9 Å². The Kier molecular flexibility index (Phi) is 7.52. The number of benzene rings is 3. The number of nitrogens with zero attached hydrogens (tertiary/aromatic N) is 2. The van der Waals surface area contributed by atoms with Crippen LogP contribution in [0.15, 0.2) is 88.8 Å². The summed E-state index contributed by atoms with van der Waals surface area (Å²) >= 11 is 1.23. The van der Waals surface area contributed by atoms with Crippen molar-refractivity contribution in [1.82, 2.24) is 14.9 Å². The van der Waals surface area contributed by atoms with Crippen molar-refractivity contribution >= 4 is 28.6 Å². The van der Waals surface area contributed by atoms with Gasteiger partial charge in [0.25, 0.3) is 5.56 Å². The molecule has 33 heavy (non-hydrogen) atoms. The fourth-order valence-electron chi connectivity index (χ4n) is 3.52. The van der Waals surface area contributed by atoms with Crippen LogP contribution in [0.1, 0.15) is 17.5 Å². The van der Waals surface area contributed by atoms with Crippen LogP contribution in [0.3, 0.4) is 0 Å². The van der Waals surface area contributed by atoms with E-state index < -0.39 is 0 Å². The van der Waals surface area contributed by atoms with E-state index in [0.717, 1.165) is 18.4 Å². The minimum Gasteiger partial charge on any atom is -0.355 e. The van der Waals surface area contributed by atoms with Crippen molar-refractivity contribution in [3.63, 3.8) is 0 Å². The molecular formula is C26H24FN3O2S. The molecule has 0 aliphatic rings. The topological polar surface area (TPSA) is 64.0 Å². The molecule has 0 saturated heterocycles. The van der Waals surface area contributed by atoms with Crippen molar-refractivity contribution in [3.8, 4) is 0 Å². The molecule has 0 aliphatic carbocycles. The molecule has 0 aliphatic heterocycles. The van der Waals surface area contributed by atoms with Gasteiger partial charge in [0.1, 0.15) is 5.82 Å². The number of hydrogen-bond donors (Lipinski definition) is 1. The van der Waals surface area contributed by atoms with Crippen LogP contribution in [0.25, 0.3) is 10.9 Å². The molecule has 1 aromatic heterocycles. The molecule has 1 heterocycles. The number of aromatic nitrogens is 2. The number of halogens is 1. The summed E-state index contributed by atoms with van der Waals surface area (Å²) in [7, 11) is 0. The summed E-state index contributed by atoms with van der Waals surface area (Å²) in [5, 5.41) is 3.90. The Hall–Kier alpha value is -3.45. The second kappa shape index (κ2) is 10.9. The van der Waals surface area contributed by atoms with Crippen LogP contribution in [0, 0.1) is 5.82 Å². The number of para-hydroxylation sites is 1. The Balaban J connectivity index is 1.43. The third kappa shape index (κ3) is 6.08. The van der Waals surface area contributed by atoms with Gasteiger partial charge >= 0.3 is 0 Å². The first-order valence-corrected chi connectivity index (χ1v) is 11.8.